The van der Waals surface area contributed by atoms with Crippen molar-refractivity contribution < 1.29 is 5.11 Å². The normalized spacial score (nSPS) is 26.0. The number of nitrogens with zero attached hydrogens (tertiary/aromatic N) is 1. The van der Waals surface area contributed by atoms with Crippen LogP contribution in [0, 0.1) is 0 Å². The quantitative estimate of drug-likeness (QED) is 0.538. The van der Waals surface area contributed by atoms with Crippen LogP contribution in [0.4, 0.5) is 0 Å². The van der Waals surface area contributed by atoms with E-state index in [1.807, 2.05) is 0 Å². The highest BCUT2D eigenvalue weighted by atomic mass is 35.5. The number of alkyl halides is 1. The second-order valence-corrected chi connectivity index (χ2v) is 3.87. The molecule has 1 aliphatic heterocycles. The molecule has 0 aliphatic carbocycles. The lowest BCUT2D eigenvalue weighted by atomic mass is 10.1. The minimum atomic E-state index is -0.0882. The number of aliphatic hydroxyl groups is 1. The van der Waals surface area contributed by atoms with Gasteiger partial charge in [0.25, 0.3) is 0 Å². The van der Waals surface area contributed by atoms with Gasteiger partial charge in [-0.2, -0.15) is 0 Å². The molecule has 1 aliphatic rings. The zero-order valence-corrected chi connectivity index (χ0v) is 8.26. The number of piperidine rings is 1. The van der Waals surface area contributed by atoms with Crippen LogP contribution in [0.1, 0.15) is 25.7 Å². The van der Waals surface area contributed by atoms with Crippen molar-refractivity contribution in [2.24, 2.45) is 0 Å². The molecule has 0 aromatic heterocycles. The molecule has 0 saturated carbocycles. The SMILES string of the molecule is OC1CCCN(CCCCCl)C1. The van der Waals surface area contributed by atoms with E-state index in [0.29, 0.717) is 0 Å². The third kappa shape index (κ3) is 3.74. The zero-order valence-electron chi connectivity index (χ0n) is 7.51. The van der Waals surface area contributed by atoms with Crippen LogP contribution in [-0.4, -0.2) is 41.6 Å². The van der Waals surface area contributed by atoms with Crippen LogP contribution in [-0.2, 0) is 0 Å². The maximum absolute atomic E-state index is 9.37. The molecule has 0 bridgehead atoms. The molecule has 0 aromatic rings. The summed E-state index contributed by atoms with van der Waals surface area (Å²) in [6, 6.07) is 0. The molecular weight excluding hydrogens is 174 g/mol. The number of unbranched alkanes of at least 4 members (excludes halogenated alkanes) is 1. The Morgan fingerprint density at radius 1 is 1.42 bits per heavy atom. The molecule has 1 N–H and O–H groups in total. The van der Waals surface area contributed by atoms with E-state index in [1.54, 1.807) is 0 Å². The molecule has 72 valence electrons. The first-order chi connectivity index (χ1) is 5.83. The van der Waals surface area contributed by atoms with Gasteiger partial charge in [-0.05, 0) is 38.8 Å². The van der Waals surface area contributed by atoms with Crippen LogP contribution >= 0.6 is 11.6 Å². The number of β-amino-alcohol motifs (C(OH)–C–C–N with tert-alkyl or cyclic N) is 1. The summed E-state index contributed by atoms with van der Waals surface area (Å²) in [7, 11) is 0. The average molecular weight is 192 g/mol. The van der Waals surface area contributed by atoms with Crippen LogP contribution in [0.25, 0.3) is 0 Å². The smallest absolute Gasteiger partial charge is 0.0667 e. The maximum Gasteiger partial charge on any atom is 0.0667 e. The average Bonchev–Trinajstić information content (AvgIpc) is 2.05. The highest BCUT2D eigenvalue weighted by Crippen LogP contribution is 2.10. The fourth-order valence-corrected chi connectivity index (χ4v) is 1.85. The Bertz CT molecular complexity index is 121. The lowest BCUT2D eigenvalue weighted by Crippen LogP contribution is -2.38. The molecule has 1 saturated heterocycles. The third-order valence-electron chi connectivity index (χ3n) is 2.34. The molecular formula is C9H18ClNO. The van der Waals surface area contributed by atoms with Gasteiger partial charge in [-0.15, -0.1) is 11.6 Å². The standard InChI is InChI=1S/C9H18ClNO/c10-5-1-2-6-11-7-3-4-9(12)8-11/h9,12H,1-8H2. The van der Waals surface area contributed by atoms with Gasteiger partial charge < -0.3 is 10.0 Å². The molecule has 1 heterocycles. The van der Waals surface area contributed by atoms with Gasteiger partial charge in [0.2, 0.25) is 0 Å². The lowest BCUT2D eigenvalue weighted by molar-refractivity contribution is 0.0701. The first-order valence-electron chi connectivity index (χ1n) is 4.79. The Hall–Kier alpha value is 0.210. The van der Waals surface area contributed by atoms with Gasteiger partial charge in [-0.1, -0.05) is 0 Å². The Labute approximate surface area is 79.5 Å². The third-order valence-corrected chi connectivity index (χ3v) is 2.61. The van der Waals surface area contributed by atoms with Crippen LogP contribution in [0.3, 0.4) is 0 Å². The van der Waals surface area contributed by atoms with E-state index >= 15 is 0 Å². The Morgan fingerprint density at radius 3 is 2.92 bits per heavy atom. The number of aliphatic hydroxyl groups excluding tert-OH is 1. The summed E-state index contributed by atoms with van der Waals surface area (Å²) in [5.41, 5.74) is 0. The van der Waals surface area contributed by atoms with E-state index in [-0.39, 0.29) is 6.10 Å². The summed E-state index contributed by atoms with van der Waals surface area (Å²) >= 11 is 5.58. The minimum absolute atomic E-state index is 0.0882. The van der Waals surface area contributed by atoms with Crippen molar-refractivity contribution in [1.29, 1.82) is 0 Å². The van der Waals surface area contributed by atoms with E-state index in [2.05, 4.69) is 4.90 Å². The molecule has 3 heteroatoms. The van der Waals surface area contributed by atoms with Crippen LogP contribution in [0.2, 0.25) is 0 Å². The van der Waals surface area contributed by atoms with E-state index in [4.69, 9.17) is 11.6 Å². The summed E-state index contributed by atoms with van der Waals surface area (Å²) in [6.07, 6.45) is 4.29. The van der Waals surface area contributed by atoms with Gasteiger partial charge in [-0.3, -0.25) is 0 Å². The molecule has 1 rings (SSSR count). The highest BCUT2D eigenvalue weighted by molar-refractivity contribution is 6.17. The zero-order chi connectivity index (χ0) is 8.81. The molecule has 0 amide bonds. The van der Waals surface area contributed by atoms with Crippen LogP contribution in [0.15, 0.2) is 0 Å². The maximum atomic E-state index is 9.37. The van der Waals surface area contributed by atoms with Gasteiger partial charge >= 0.3 is 0 Å². The Balaban J connectivity index is 2.06. The van der Waals surface area contributed by atoms with Crippen molar-refractivity contribution in [2.75, 3.05) is 25.5 Å². The number of halogens is 1. The molecule has 12 heavy (non-hydrogen) atoms. The second kappa shape index (κ2) is 5.79. The number of hydrogen-bond donors (Lipinski definition) is 1. The number of hydrogen-bond acceptors (Lipinski definition) is 2. The largest absolute Gasteiger partial charge is 0.392 e. The van der Waals surface area contributed by atoms with Gasteiger partial charge in [0.05, 0.1) is 6.10 Å². The topological polar surface area (TPSA) is 23.5 Å². The highest BCUT2D eigenvalue weighted by Gasteiger charge is 2.16. The van der Waals surface area contributed by atoms with Crippen molar-refractivity contribution >= 4 is 11.6 Å². The van der Waals surface area contributed by atoms with Crippen LogP contribution in [0.5, 0.6) is 0 Å². The van der Waals surface area contributed by atoms with Crippen LogP contribution < -0.4 is 0 Å². The van der Waals surface area contributed by atoms with Gasteiger partial charge in [0.1, 0.15) is 0 Å². The summed E-state index contributed by atoms with van der Waals surface area (Å²) in [6.45, 7) is 3.12. The molecule has 0 aromatic carbocycles. The molecule has 2 nitrogen and oxygen atoms in total. The predicted molar refractivity (Wildman–Crippen MR) is 51.6 cm³/mol. The first kappa shape index (κ1) is 10.3. The minimum Gasteiger partial charge on any atom is -0.392 e. The van der Waals surface area contributed by atoms with Gasteiger partial charge in [0, 0.05) is 12.4 Å². The number of rotatable bonds is 4. The van der Waals surface area contributed by atoms with Crippen molar-refractivity contribution in [3.63, 3.8) is 0 Å². The van der Waals surface area contributed by atoms with E-state index in [9.17, 15) is 5.11 Å². The fourth-order valence-electron chi connectivity index (χ4n) is 1.66. The van der Waals surface area contributed by atoms with Crippen molar-refractivity contribution in [2.45, 2.75) is 31.8 Å². The van der Waals surface area contributed by atoms with Gasteiger partial charge in [-0.25, -0.2) is 0 Å². The second-order valence-electron chi connectivity index (χ2n) is 3.49. The fraction of sp³-hybridized carbons (Fsp3) is 1.00. The molecule has 1 fully saturated rings. The Kier molecular flexibility index (Phi) is 4.96. The molecule has 0 radical (unpaired) electrons. The summed E-state index contributed by atoms with van der Waals surface area (Å²) in [5.74, 6) is 0.760. The van der Waals surface area contributed by atoms with Gasteiger partial charge in [0.15, 0.2) is 0 Å². The Morgan fingerprint density at radius 2 is 2.25 bits per heavy atom. The predicted octanol–water partition coefficient (Wildman–Crippen LogP) is 1.46. The summed E-state index contributed by atoms with van der Waals surface area (Å²) < 4.78 is 0. The lowest BCUT2D eigenvalue weighted by Gasteiger charge is -2.29. The van der Waals surface area contributed by atoms with Crippen molar-refractivity contribution in [1.82, 2.24) is 4.90 Å². The first-order valence-corrected chi connectivity index (χ1v) is 5.33. The van der Waals surface area contributed by atoms with E-state index in [0.717, 1.165) is 51.2 Å². The van der Waals surface area contributed by atoms with E-state index in [1.165, 1.54) is 0 Å². The molecule has 0 spiro atoms. The van der Waals surface area contributed by atoms with Crippen molar-refractivity contribution in [3.05, 3.63) is 0 Å². The summed E-state index contributed by atoms with van der Waals surface area (Å²) in [4.78, 5) is 2.33. The van der Waals surface area contributed by atoms with E-state index < -0.39 is 0 Å². The monoisotopic (exact) mass is 191 g/mol. The number of likely N-dealkylation sites (tertiary alicyclic amines) is 1. The van der Waals surface area contributed by atoms with Crippen molar-refractivity contribution in [3.8, 4) is 0 Å². The molecule has 1 atom stereocenters. The molecule has 1 unspecified atom stereocenters. The summed E-state index contributed by atoms with van der Waals surface area (Å²) in [5, 5.41) is 9.37.